The van der Waals surface area contributed by atoms with E-state index in [1.165, 1.54) is 0 Å². The minimum absolute atomic E-state index is 0.817. The molecule has 0 radical (unpaired) electrons. The number of hydrogen-bond donors (Lipinski definition) is 0. The zero-order valence-electron chi connectivity index (χ0n) is 14.3. The highest BCUT2D eigenvalue weighted by Gasteiger charge is 2.22. The number of pyridine rings is 1. The Morgan fingerprint density at radius 2 is 1.72 bits per heavy atom. The smallest absolute Gasteiger partial charge is 0.189 e. The van der Waals surface area contributed by atoms with Crippen LogP contribution in [0.5, 0.6) is 0 Å². The van der Waals surface area contributed by atoms with Crippen molar-refractivity contribution in [2.24, 2.45) is 0 Å². The Labute approximate surface area is 150 Å². The molecule has 25 heavy (non-hydrogen) atoms. The van der Waals surface area contributed by atoms with Gasteiger partial charge in [-0.15, -0.1) is 0 Å². The molecule has 0 atom stereocenters. The van der Waals surface area contributed by atoms with E-state index in [1.807, 2.05) is 18.5 Å². The second-order valence-corrected chi connectivity index (χ2v) is 6.70. The van der Waals surface area contributed by atoms with Gasteiger partial charge in [-0.2, -0.15) is 0 Å². The maximum atomic E-state index is 4.69. The van der Waals surface area contributed by atoms with Crippen molar-refractivity contribution >= 4 is 34.3 Å². The molecule has 0 aromatic carbocycles. The number of piperazine rings is 1. The predicted molar refractivity (Wildman–Crippen MR) is 100 cm³/mol. The molecule has 0 N–H and O–H groups in total. The third kappa shape index (κ3) is 3.09. The van der Waals surface area contributed by atoms with Gasteiger partial charge in [0.25, 0.3) is 0 Å². The molecule has 4 rings (SSSR count). The van der Waals surface area contributed by atoms with E-state index in [4.69, 9.17) is 0 Å². The summed E-state index contributed by atoms with van der Waals surface area (Å²) in [5.41, 5.74) is 2.00. The van der Waals surface area contributed by atoms with Crippen LogP contribution in [0.1, 0.15) is 5.56 Å². The Balaban J connectivity index is 1.55. The third-order valence-electron chi connectivity index (χ3n) is 4.40. The summed E-state index contributed by atoms with van der Waals surface area (Å²) in [7, 11) is 0. The van der Waals surface area contributed by atoms with Crippen LogP contribution >= 0.6 is 11.8 Å². The van der Waals surface area contributed by atoms with Gasteiger partial charge in [0.2, 0.25) is 0 Å². The van der Waals surface area contributed by atoms with Crippen molar-refractivity contribution in [1.82, 2.24) is 24.9 Å². The largest absolute Gasteiger partial charge is 0.353 e. The van der Waals surface area contributed by atoms with Gasteiger partial charge >= 0.3 is 0 Å². The maximum absolute atomic E-state index is 4.69. The standard InChI is InChI=1S/C17H19N7S/c1-12-9-19-17(25-2)22-15(12)23-5-7-24(8-6-23)16-13-3-4-18-10-14(13)20-11-21-16/h3-4,9-11H,5-8H2,1-2H3. The lowest BCUT2D eigenvalue weighted by molar-refractivity contribution is 0.637. The first-order valence-electron chi connectivity index (χ1n) is 8.18. The van der Waals surface area contributed by atoms with Gasteiger partial charge in [0, 0.05) is 49.5 Å². The third-order valence-corrected chi connectivity index (χ3v) is 4.96. The second kappa shape index (κ2) is 6.79. The van der Waals surface area contributed by atoms with Crippen LogP contribution in [0.25, 0.3) is 10.9 Å². The van der Waals surface area contributed by atoms with Crippen molar-refractivity contribution in [1.29, 1.82) is 0 Å². The summed E-state index contributed by atoms with van der Waals surface area (Å²) in [4.78, 5) is 26.6. The van der Waals surface area contributed by atoms with Gasteiger partial charge < -0.3 is 9.80 Å². The fourth-order valence-electron chi connectivity index (χ4n) is 3.11. The molecular weight excluding hydrogens is 334 g/mol. The van der Waals surface area contributed by atoms with Crippen LogP contribution < -0.4 is 9.80 Å². The van der Waals surface area contributed by atoms with Gasteiger partial charge in [-0.05, 0) is 19.2 Å². The number of fused-ring (bicyclic) bond motifs is 1. The van der Waals surface area contributed by atoms with Crippen molar-refractivity contribution in [3.8, 4) is 0 Å². The van der Waals surface area contributed by atoms with Gasteiger partial charge in [0.1, 0.15) is 18.0 Å². The topological polar surface area (TPSA) is 70.9 Å². The molecule has 0 aliphatic carbocycles. The lowest BCUT2D eigenvalue weighted by Gasteiger charge is -2.36. The van der Waals surface area contributed by atoms with E-state index in [0.717, 1.165) is 59.4 Å². The molecule has 7 nitrogen and oxygen atoms in total. The highest BCUT2D eigenvalue weighted by molar-refractivity contribution is 7.98. The minimum Gasteiger partial charge on any atom is -0.353 e. The molecule has 8 heteroatoms. The normalized spacial score (nSPS) is 15.0. The van der Waals surface area contributed by atoms with Gasteiger partial charge in [-0.3, -0.25) is 4.98 Å². The van der Waals surface area contributed by atoms with E-state index in [9.17, 15) is 0 Å². The van der Waals surface area contributed by atoms with Crippen molar-refractivity contribution < 1.29 is 0 Å². The highest BCUT2D eigenvalue weighted by atomic mass is 32.2. The van der Waals surface area contributed by atoms with Gasteiger partial charge in [0.15, 0.2) is 5.16 Å². The van der Waals surface area contributed by atoms with Crippen molar-refractivity contribution in [3.05, 3.63) is 36.5 Å². The molecule has 1 aliphatic rings. The van der Waals surface area contributed by atoms with Crippen LogP contribution in [0.4, 0.5) is 11.6 Å². The Morgan fingerprint density at radius 1 is 0.960 bits per heavy atom. The average molecular weight is 353 g/mol. The predicted octanol–water partition coefficient (Wildman–Crippen LogP) is 2.17. The monoisotopic (exact) mass is 353 g/mol. The summed E-state index contributed by atoms with van der Waals surface area (Å²) in [5, 5.41) is 1.87. The quantitative estimate of drug-likeness (QED) is 0.524. The Kier molecular flexibility index (Phi) is 4.35. The van der Waals surface area contributed by atoms with Crippen LogP contribution in [0.3, 0.4) is 0 Å². The first kappa shape index (κ1) is 16.0. The minimum atomic E-state index is 0.817. The second-order valence-electron chi connectivity index (χ2n) is 5.93. The number of nitrogens with zero attached hydrogens (tertiary/aromatic N) is 7. The molecule has 128 valence electrons. The number of hydrogen-bond acceptors (Lipinski definition) is 8. The van der Waals surface area contributed by atoms with Crippen molar-refractivity contribution in [3.63, 3.8) is 0 Å². The van der Waals surface area contributed by atoms with Crippen molar-refractivity contribution in [2.75, 3.05) is 42.2 Å². The first-order valence-corrected chi connectivity index (χ1v) is 9.41. The molecule has 3 aromatic rings. The molecule has 0 amide bonds. The molecule has 1 fully saturated rings. The van der Waals surface area contributed by atoms with Crippen molar-refractivity contribution in [2.45, 2.75) is 12.1 Å². The Hall–Kier alpha value is -2.48. The van der Waals surface area contributed by atoms with E-state index in [0.29, 0.717) is 0 Å². The van der Waals surface area contributed by atoms with Crippen LogP contribution in [0.2, 0.25) is 0 Å². The summed E-state index contributed by atoms with van der Waals surface area (Å²) in [6.07, 6.45) is 9.10. The van der Waals surface area contributed by atoms with E-state index in [-0.39, 0.29) is 0 Å². The zero-order valence-corrected chi connectivity index (χ0v) is 15.1. The molecule has 1 saturated heterocycles. The Morgan fingerprint density at radius 3 is 2.48 bits per heavy atom. The summed E-state index contributed by atoms with van der Waals surface area (Å²) in [6.45, 7) is 5.67. The number of anilines is 2. The van der Waals surface area contributed by atoms with Gasteiger partial charge in [-0.25, -0.2) is 19.9 Å². The van der Waals surface area contributed by atoms with Gasteiger partial charge in [0.05, 0.1) is 11.7 Å². The zero-order chi connectivity index (χ0) is 17.2. The molecular formula is C17H19N7S. The molecule has 3 aromatic heterocycles. The summed E-state index contributed by atoms with van der Waals surface area (Å²) < 4.78 is 0. The fourth-order valence-corrected chi connectivity index (χ4v) is 3.45. The van der Waals surface area contributed by atoms with E-state index in [1.54, 1.807) is 30.5 Å². The number of rotatable bonds is 3. The summed E-state index contributed by atoms with van der Waals surface area (Å²) in [6, 6.07) is 1.98. The molecule has 4 heterocycles. The number of thioether (sulfide) groups is 1. The molecule has 1 aliphatic heterocycles. The molecule has 0 unspecified atom stereocenters. The maximum Gasteiger partial charge on any atom is 0.189 e. The van der Waals surface area contributed by atoms with Crippen LogP contribution in [0.15, 0.2) is 36.1 Å². The number of aryl methyl sites for hydroxylation is 1. The summed E-state index contributed by atoms with van der Waals surface area (Å²) >= 11 is 1.57. The highest BCUT2D eigenvalue weighted by Crippen LogP contribution is 2.25. The first-order chi connectivity index (χ1) is 12.3. The number of aromatic nitrogens is 5. The molecule has 0 bridgehead atoms. The lowest BCUT2D eigenvalue weighted by Crippen LogP contribution is -2.47. The molecule has 0 saturated carbocycles. The average Bonchev–Trinajstić information content (AvgIpc) is 2.68. The van der Waals surface area contributed by atoms with Crippen LogP contribution in [-0.2, 0) is 0 Å². The SMILES string of the molecule is CSc1ncc(C)c(N2CCN(c3ncnc4cnccc34)CC2)n1. The van der Waals surface area contributed by atoms with E-state index in [2.05, 4.69) is 41.6 Å². The fraction of sp³-hybridized carbons (Fsp3) is 0.353. The Bertz CT molecular complexity index is 888. The lowest BCUT2D eigenvalue weighted by atomic mass is 10.2. The van der Waals surface area contributed by atoms with E-state index < -0.39 is 0 Å². The van der Waals surface area contributed by atoms with Crippen LogP contribution in [-0.4, -0.2) is 57.4 Å². The van der Waals surface area contributed by atoms with E-state index >= 15 is 0 Å². The van der Waals surface area contributed by atoms with Crippen LogP contribution in [0, 0.1) is 6.92 Å². The summed E-state index contributed by atoms with van der Waals surface area (Å²) in [5.74, 6) is 2.02. The molecule has 0 spiro atoms. The van der Waals surface area contributed by atoms with Gasteiger partial charge in [-0.1, -0.05) is 11.8 Å².